The zero-order valence-electron chi connectivity index (χ0n) is 47.2. The molecular formula is C42H29NS. The molecule has 1 nitrogen and oxygen atoms in total. The monoisotopic (exact) mass is 604 g/mol. The highest BCUT2D eigenvalue weighted by atomic mass is 32.1. The summed E-state index contributed by atoms with van der Waals surface area (Å²) in [6.07, 6.45) is 0. The second kappa shape index (κ2) is 11.3. The van der Waals surface area contributed by atoms with Crippen LogP contribution in [0.3, 0.4) is 0 Å². The number of hydrogen-bond donors (Lipinski definition) is 0. The van der Waals surface area contributed by atoms with Crippen molar-refractivity contribution in [1.82, 2.24) is 0 Å². The van der Waals surface area contributed by atoms with Gasteiger partial charge in [0, 0.05) is 42.8 Å². The van der Waals surface area contributed by atoms with Crippen LogP contribution < -0.4 is 4.90 Å². The first kappa shape index (κ1) is 10.9. The van der Waals surface area contributed by atoms with Crippen LogP contribution in [0.4, 0.5) is 17.1 Å². The molecule has 0 bridgehead atoms. The van der Waals surface area contributed by atoms with Gasteiger partial charge in [-0.2, -0.15) is 0 Å². The molecule has 208 valence electrons. The molecule has 0 saturated heterocycles. The van der Waals surface area contributed by atoms with Crippen LogP contribution in [-0.4, -0.2) is 0 Å². The Kier molecular flexibility index (Phi) is 2.81. The summed E-state index contributed by atoms with van der Waals surface area (Å²) >= 11 is 0.723. The van der Waals surface area contributed by atoms with Crippen molar-refractivity contribution < 1.29 is 34.3 Å². The van der Waals surface area contributed by atoms with E-state index in [0.717, 1.165) is 34.4 Å². The first-order valence-electron chi connectivity index (χ1n) is 25.4. The molecule has 0 atom stereocenters. The van der Waals surface area contributed by atoms with Crippen molar-refractivity contribution in [3.05, 3.63) is 175 Å². The highest BCUT2D eigenvalue weighted by Crippen LogP contribution is 2.45. The van der Waals surface area contributed by atoms with Crippen LogP contribution in [0.5, 0.6) is 0 Å². The molecule has 0 N–H and O–H groups in total. The minimum absolute atomic E-state index is 0.0574. The Morgan fingerprint density at radius 1 is 0.432 bits per heavy atom. The van der Waals surface area contributed by atoms with Gasteiger partial charge in [0.25, 0.3) is 0 Å². The fourth-order valence-corrected chi connectivity index (χ4v) is 5.68. The largest absolute Gasteiger partial charge is 0.310 e. The summed E-state index contributed by atoms with van der Waals surface area (Å²) in [5, 5.41) is -0.239. The van der Waals surface area contributed by atoms with Gasteiger partial charge in [-0.15, -0.1) is 11.3 Å². The van der Waals surface area contributed by atoms with Gasteiger partial charge in [0.05, 0.1) is 34.3 Å². The molecule has 0 unspecified atom stereocenters. The molecule has 0 aliphatic heterocycles. The molecule has 0 radical (unpaired) electrons. The van der Waals surface area contributed by atoms with Gasteiger partial charge in [0.15, 0.2) is 0 Å². The molecule has 0 spiro atoms. The Hall–Kier alpha value is -5.44. The van der Waals surface area contributed by atoms with E-state index < -0.39 is 196 Å². The Morgan fingerprint density at radius 3 is 1.73 bits per heavy atom. The van der Waals surface area contributed by atoms with Crippen molar-refractivity contribution in [3.63, 3.8) is 0 Å². The molecule has 1 aromatic heterocycles. The van der Waals surface area contributed by atoms with Crippen molar-refractivity contribution in [2.24, 2.45) is 0 Å². The van der Waals surface area contributed by atoms with E-state index in [0.29, 0.717) is 0 Å². The Labute approximate surface area is 297 Å². The van der Waals surface area contributed by atoms with Crippen LogP contribution in [0, 0.1) is 0 Å². The number of fused-ring (bicyclic) bond motifs is 3. The summed E-state index contributed by atoms with van der Waals surface area (Å²) in [6.45, 7) is 0. The normalized spacial score (nSPS) is 19.1. The molecule has 2 heteroatoms. The predicted molar refractivity (Wildman–Crippen MR) is 190 cm³/mol. The summed E-state index contributed by atoms with van der Waals surface area (Å²) in [5.74, 6) is 0. The van der Waals surface area contributed by atoms with Gasteiger partial charge in [-0.1, -0.05) is 133 Å². The maximum atomic E-state index is 9.93. The molecule has 0 fully saturated rings. The van der Waals surface area contributed by atoms with Crippen molar-refractivity contribution >= 4 is 48.6 Å². The molecule has 8 rings (SSSR count). The number of hydrogen-bond acceptors (Lipinski definition) is 2. The Bertz CT molecular complexity index is 3550. The lowest BCUT2D eigenvalue weighted by molar-refractivity contribution is 1.29. The summed E-state index contributed by atoms with van der Waals surface area (Å²) < 4.78 is 218. The van der Waals surface area contributed by atoms with E-state index in [2.05, 4.69) is 0 Å². The lowest BCUT2D eigenvalue weighted by atomic mass is 10.00. The fourth-order valence-electron chi connectivity index (χ4n) is 4.59. The lowest BCUT2D eigenvalue weighted by Gasteiger charge is -2.27. The topological polar surface area (TPSA) is 3.24 Å². The maximum absolute atomic E-state index is 9.93. The molecule has 0 amide bonds. The highest BCUT2D eigenvalue weighted by Gasteiger charge is 2.19. The van der Waals surface area contributed by atoms with Crippen LogP contribution in [0.2, 0.25) is 0 Å². The molecule has 7 aromatic carbocycles. The van der Waals surface area contributed by atoms with Crippen LogP contribution in [-0.2, 0) is 0 Å². The van der Waals surface area contributed by atoms with Crippen LogP contribution in [0.25, 0.3) is 53.6 Å². The molecule has 8 aromatic rings. The first-order chi connectivity index (χ1) is 32.2. The van der Waals surface area contributed by atoms with Crippen molar-refractivity contribution in [2.45, 2.75) is 0 Å². The number of thiophene rings is 1. The molecule has 0 aliphatic rings. The average molecular weight is 605 g/mol. The van der Waals surface area contributed by atoms with E-state index in [9.17, 15) is 8.22 Å². The van der Waals surface area contributed by atoms with Gasteiger partial charge >= 0.3 is 0 Å². The van der Waals surface area contributed by atoms with Gasteiger partial charge < -0.3 is 4.90 Å². The van der Waals surface area contributed by atoms with Gasteiger partial charge in [-0.3, -0.25) is 0 Å². The number of benzene rings is 7. The lowest BCUT2D eigenvalue weighted by Crippen LogP contribution is -2.10. The van der Waals surface area contributed by atoms with Gasteiger partial charge in [0.2, 0.25) is 0 Å². The second-order valence-corrected chi connectivity index (χ2v) is 10.1. The zero-order valence-corrected chi connectivity index (χ0v) is 23.0. The summed E-state index contributed by atoms with van der Waals surface area (Å²) in [6, 6.07) is -14.6. The van der Waals surface area contributed by atoms with Gasteiger partial charge in [-0.05, 0) is 70.2 Å². The van der Waals surface area contributed by atoms with Crippen molar-refractivity contribution in [1.29, 1.82) is 0 Å². The maximum Gasteiger partial charge on any atom is 0.0652 e. The average Bonchev–Trinajstić information content (AvgIpc) is 3.70. The summed E-state index contributed by atoms with van der Waals surface area (Å²) in [7, 11) is 0. The van der Waals surface area contributed by atoms with E-state index in [1.165, 1.54) is 6.07 Å². The van der Waals surface area contributed by atoms with E-state index in [1.807, 2.05) is 0 Å². The summed E-state index contributed by atoms with van der Waals surface area (Å²) in [4.78, 5) is 0.923. The van der Waals surface area contributed by atoms with Crippen molar-refractivity contribution in [3.8, 4) is 33.4 Å². The molecule has 0 saturated carbocycles. The van der Waals surface area contributed by atoms with Crippen molar-refractivity contribution in [2.75, 3.05) is 4.90 Å². The Morgan fingerprint density at radius 2 is 1.00 bits per heavy atom. The third kappa shape index (κ3) is 4.86. The third-order valence-corrected chi connectivity index (χ3v) is 7.66. The standard InChI is InChI=1S/C42H29NS/c1-4-12-30(13-5-1)32-20-24-35(25-21-32)43(36-26-22-33(23-27-36)31-14-6-2-7-15-31)37-28-39(34-16-8-3-9-17-34)42-40(29-37)38-18-10-11-19-41(38)44-42/h1-29H/i1D,2D,3D,4D,5D,6D,7D,8D,9D,10D,11D,12D,13D,14D,15D,16D,17D,18D,19D,20D,21D,22D,24D,26D,28D. The molecule has 44 heavy (non-hydrogen) atoms. The second-order valence-electron chi connectivity index (χ2n) is 9.10. The molecular weight excluding hydrogens is 551 g/mol. The van der Waals surface area contributed by atoms with Crippen LogP contribution in [0.1, 0.15) is 34.3 Å². The van der Waals surface area contributed by atoms with E-state index in [4.69, 9.17) is 26.0 Å². The quantitative estimate of drug-likeness (QED) is 0.182. The number of anilines is 3. The van der Waals surface area contributed by atoms with Crippen LogP contribution in [0.15, 0.2) is 175 Å². The van der Waals surface area contributed by atoms with Gasteiger partial charge in [-0.25, -0.2) is 0 Å². The van der Waals surface area contributed by atoms with Crippen LogP contribution >= 0.6 is 11.3 Å². The highest BCUT2D eigenvalue weighted by molar-refractivity contribution is 7.26. The summed E-state index contributed by atoms with van der Waals surface area (Å²) in [5.41, 5.74) is -4.48. The molecule has 1 heterocycles. The fraction of sp³-hybridized carbons (Fsp3) is 0. The smallest absolute Gasteiger partial charge is 0.0652 e. The zero-order chi connectivity index (χ0) is 51.1. The molecule has 0 aliphatic carbocycles. The van der Waals surface area contributed by atoms with Gasteiger partial charge in [0.1, 0.15) is 0 Å². The first-order valence-corrected chi connectivity index (χ1v) is 13.7. The van der Waals surface area contributed by atoms with E-state index >= 15 is 0 Å². The Balaban J connectivity index is 1.58. The van der Waals surface area contributed by atoms with E-state index in [1.54, 1.807) is 0 Å². The predicted octanol–water partition coefficient (Wildman–Crippen LogP) is 12.5. The number of rotatable bonds is 6. The third-order valence-electron chi connectivity index (χ3n) is 6.53. The minimum atomic E-state index is -0.900. The SMILES string of the molecule is [2H]c1cc(N(c2ccc(-c3c([2H])c([2H])c([2H])c([2H])c3[2H])c([2H])c2[2H])c2cc3c(sc4c([2H])c([2H])c([2H])c([2H])c43)c(-c3c([2H])c([2H])c([2H])c([2H])c3[2H])c2[2H])c([2H])c([2H])c1-c1c([2H])c([2H])c([2H])c([2H])c1[2H]. The van der Waals surface area contributed by atoms with E-state index in [-0.39, 0.29) is 25.7 Å². The minimum Gasteiger partial charge on any atom is -0.310 e. The number of nitrogens with zero attached hydrogens (tertiary/aromatic N) is 1.